The fourth-order valence-corrected chi connectivity index (χ4v) is 16.0. The number of rotatable bonds is 8. The summed E-state index contributed by atoms with van der Waals surface area (Å²) in [4.78, 5) is 49.3. The third-order valence-corrected chi connectivity index (χ3v) is 15.4. The van der Waals surface area contributed by atoms with Crippen LogP contribution in [-0.2, 0) is 34.9 Å². The summed E-state index contributed by atoms with van der Waals surface area (Å²) in [5.41, 5.74) is 0. The summed E-state index contributed by atoms with van der Waals surface area (Å²) < 4.78 is 7.41. The van der Waals surface area contributed by atoms with Crippen molar-refractivity contribution >= 4 is 23.9 Å². The molecule has 33 heavy (non-hydrogen) atoms. The van der Waals surface area contributed by atoms with Gasteiger partial charge in [-0.25, -0.2) is 0 Å². The van der Waals surface area contributed by atoms with Gasteiger partial charge in [-0.15, -0.1) is 0 Å². The maximum atomic E-state index is 12.3. The standard InChI is InChI=1S/4C5H8NO2.Rh/c4*7-5(8)4-2-1-3-6-4;/h4*4H,1-3H2,(H,7,8);/q4*-1;+4/t4*4-;/m0000./s1. The molecule has 0 spiro atoms. The van der Waals surface area contributed by atoms with Crippen LogP contribution in [0.15, 0.2) is 0 Å². The predicted molar refractivity (Wildman–Crippen MR) is 109 cm³/mol. The average Bonchev–Trinajstić information content (AvgIpc) is 3.54. The molecule has 0 radical (unpaired) electrons. The topological polar surface area (TPSA) is 162 Å². The van der Waals surface area contributed by atoms with E-state index in [0.717, 1.165) is 0 Å². The number of carboxylic acids is 4. The molecule has 0 aromatic rings. The predicted octanol–water partition coefficient (Wildman–Crippen LogP) is -0.00370. The molecule has 4 N–H and O–H groups in total. The zero-order valence-corrected chi connectivity index (χ0v) is 20.0. The summed E-state index contributed by atoms with van der Waals surface area (Å²) in [6.07, 6.45) is 3.83. The van der Waals surface area contributed by atoms with Gasteiger partial charge in [0.15, 0.2) is 0 Å². The molecule has 0 saturated carbocycles. The van der Waals surface area contributed by atoms with Crippen LogP contribution < -0.4 is 0 Å². The Kier molecular flexibility index (Phi) is 7.07. The summed E-state index contributed by atoms with van der Waals surface area (Å²) >= 11 is -4.09. The van der Waals surface area contributed by atoms with Gasteiger partial charge in [-0.2, -0.15) is 0 Å². The average molecular weight is 559 g/mol. The van der Waals surface area contributed by atoms with Crippen LogP contribution in [-0.4, -0.2) is 109 Å². The summed E-state index contributed by atoms with van der Waals surface area (Å²) in [7, 11) is 0. The molecule has 4 rings (SSSR count). The number of aliphatic carboxylic acids is 4. The number of carbonyl (C=O) groups is 4. The molecular weight excluding hydrogens is 527 g/mol. The SMILES string of the molecule is O=C(O)[C@@H]1CCC[N]1[Rh]([N]1CCC[C@H]1C(=O)O)([N]1CCC[C@H]1C(=O)O)[N]1CCC[C@H]1C(=O)O. The van der Waals surface area contributed by atoms with Gasteiger partial charge in [-0.05, 0) is 0 Å². The molecular formula is C20H32N4O8Rh. The van der Waals surface area contributed by atoms with Gasteiger partial charge < -0.3 is 0 Å². The second kappa shape index (κ2) is 9.54. The van der Waals surface area contributed by atoms with E-state index in [1.165, 1.54) is 0 Å². The van der Waals surface area contributed by atoms with Crippen molar-refractivity contribution in [2.75, 3.05) is 26.2 Å². The third-order valence-electron chi connectivity index (χ3n) is 6.82. The quantitative estimate of drug-likeness (QED) is 0.295. The Morgan fingerprint density at radius 2 is 0.697 bits per heavy atom. The van der Waals surface area contributed by atoms with Crippen molar-refractivity contribution in [3.05, 3.63) is 0 Å². The van der Waals surface area contributed by atoms with E-state index in [0.29, 0.717) is 77.5 Å². The summed E-state index contributed by atoms with van der Waals surface area (Å²) in [6.45, 7) is 1.53. The van der Waals surface area contributed by atoms with Crippen molar-refractivity contribution in [3.8, 4) is 0 Å². The van der Waals surface area contributed by atoms with E-state index in [2.05, 4.69) is 0 Å². The Morgan fingerprint density at radius 1 is 0.485 bits per heavy atom. The van der Waals surface area contributed by atoms with Gasteiger partial charge in [0, 0.05) is 0 Å². The molecule has 0 aromatic heterocycles. The van der Waals surface area contributed by atoms with E-state index in [-0.39, 0.29) is 0 Å². The minimum atomic E-state index is -4.09. The van der Waals surface area contributed by atoms with E-state index in [9.17, 15) is 39.6 Å². The molecule has 4 atom stereocenters. The molecule has 4 heterocycles. The summed E-state index contributed by atoms with van der Waals surface area (Å²) in [5.74, 6) is -4.12. The molecule has 12 nitrogen and oxygen atoms in total. The van der Waals surface area contributed by atoms with Crippen LogP contribution >= 0.6 is 0 Å². The number of carboxylic acid groups (broad SMARTS) is 4. The van der Waals surface area contributed by atoms with E-state index < -0.39 is 63.8 Å². The Bertz CT molecular complexity index is 694. The molecule has 13 heteroatoms. The first-order chi connectivity index (χ1) is 15.7. The molecule has 4 fully saturated rings. The van der Waals surface area contributed by atoms with Gasteiger partial charge in [0.1, 0.15) is 0 Å². The molecule has 0 unspecified atom stereocenters. The number of hydrogen-bond donors (Lipinski definition) is 4. The van der Waals surface area contributed by atoms with E-state index in [1.54, 1.807) is 0 Å². The van der Waals surface area contributed by atoms with E-state index in [1.807, 2.05) is 14.6 Å². The third kappa shape index (κ3) is 3.97. The van der Waals surface area contributed by atoms with Gasteiger partial charge in [-0.3, -0.25) is 0 Å². The maximum absolute atomic E-state index is 12.3. The molecule has 4 aliphatic heterocycles. The van der Waals surface area contributed by atoms with Gasteiger partial charge in [0.05, 0.1) is 0 Å². The zero-order chi connectivity index (χ0) is 23.9. The first-order valence-corrected chi connectivity index (χ1v) is 14.3. The number of hydrogen-bond acceptors (Lipinski definition) is 8. The summed E-state index contributed by atoms with van der Waals surface area (Å²) in [6, 6.07) is -3.59. The fraction of sp³-hybridized carbons (Fsp3) is 0.800. The van der Waals surface area contributed by atoms with Gasteiger partial charge in [0.25, 0.3) is 0 Å². The van der Waals surface area contributed by atoms with Crippen LogP contribution in [0.5, 0.6) is 0 Å². The van der Waals surface area contributed by atoms with Crippen LogP contribution in [0, 0.1) is 0 Å². The van der Waals surface area contributed by atoms with Crippen molar-refractivity contribution in [1.82, 2.24) is 14.6 Å². The first kappa shape index (κ1) is 24.5. The van der Waals surface area contributed by atoms with Crippen LogP contribution in [0.2, 0.25) is 0 Å². The molecule has 189 valence electrons. The minimum absolute atomic E-state index is 0.373. The van der Waals surface area contributed by atoms with Crippen molar-refractivity contribution in [1.29, 1.82) is 0 Å². The molecule has 4 saturated heterocycles. The van der Waals surface area contributed by atoms with Crippen molar-refractivity contribution in [2.45, 2.75) is 75.5 Å². The van der Waals surface area contributed by atoms with Crippen LogP contribution in [0.4, 0.5) is 0 Å². The van der Waals surface area contributed by atoms with Gasteiger partial charge >= 0.3 is 195 Å². The summed E-state index contributed by atoms with van der Waals surface area (Å²) in [5, 5.41) is 40.3. The van der Waals surface area contributed by atoms with E-state index in [4.69, 9.17) is 0 Å². The zero-order valence-electron chi connectivity index (χ0n) is 18.3. The molecule has 0 amide bonds. The Labute approximate surface area is 195 Å². The molecule has 0 aromatic carbocycles. The monoisotopic (exact) mass is 559 g/mol. The van der Waals surface area contributed by atoms with Crippen LogP contribution in [0.25, 0.3) is 0 Å². The van der Waals surface area contributed by atoms with Crippen LogP contribution in [0.3, 0.4) is 0 Å². The number of nitrogens with zero attached hydrogens (tertiary/aromatic N) is 4. The second-order valence-corrected chi connectivity index (χ2v) is 14.5. The molecule has 4 aliphatic rings. The Hall–Kier alpha value is -1.66. The Morgan fingerprint density at radius 3 is 0.879 bits per heavy atom. The van der Waals surface area contributed by atoms with Crippen molar-refractivity contribution in [3.63, 3.8) is 0 Å². The Balaban J connectivity index is 1.97. The van der Waals surface area contributed by atoms with Gasteiger partial charge in [0.2, 0.25) is 0 Å². The van der Waals surface area contributed by atoms with Crippen molar-refractivity contribution < 1.29 is 55.3 Å². The molecule has 0 bridgehead atoms. The fourth-order valence-electron chi connectivity index (χ4n) is 5.45. The molecule has 0 aliphatic carbocycles. The van der Waals surface area contributed by atoms with Crippen molar-refractivity contribution in [2.24, 2.45) is 0 Å². The van der Waals surface area contributed by atoms with E-state index >= 15 is 0 Å². The second-order valence-electron chi connectivity index (χ2n) is 8.78. The van der Waals surface area contributed by atoms with Gasteiger partial charge in [-0.1, -0.05) is 0 Å². The van der Waals surface area contributed by atoms with Crippen LogP contribution in [0.1, 0.15) is 51.4 Å². The first-order valence-electron chi connectivity index (χ1n) is 11.4. The normalized spacial score (nSPS) is 33.0.